The SMILES string of the molecule is CCC[C@H](O)CC(=O)N1C(=O)N(C)[C@@H](C)[C@H]1c1ccccc1. The first-order valence-corrected chi connectivity index (χ1v) is 7.79. The van der Waals surface area contributed by atoms with Crippen LogP contribution < -0.4 is 0 Å². The summed E-state index contributed by atoms with van der Waals surface area (Å²) in [7, 11) is 1.71. The van der Waals surface area contributed by atoms with Crippen LogP contribution in [0.5, 0.6) is 0 Å². The van der Waals surface area contributed by atoms with E-state index in [-0.39, 0.29) is 30.4 Å². The van der Waals surface area contributed by atoms with Crippen LogP contribution in [0.15, 0.2) is 30.3 Å². The maximum absolute atomic E-state index is 12.5. The zero-order valence-corrected chi connectivity index (χ0v) is 13.4. The van der Waals surface area contributed by atoms with Gasteiger partial charge >= 0.3 is 6.03 Å². The van der Waals surface area contributed by atoms with Gasteiger partial charge < -0.3 is 10.0 Å². The molecule has 0 aliphatic carbocycles. The van der Waals surface area contributed by atoms with Crippen LogP contribution in [0.4, 0.5) is 4.79 Å². The summed E-state index contributed by atoms with van der Waals surface area (Å²) >= 11 is 0. The molecular formula is C17H24N2O3. The molecule has 1 aromatic rings. The van der Waals surface area contributed by atoms with Crippen molar-refractivity contribution >= 4 is 11.9 Å². The second-order valence-electron chi connectivity index (χ2n) is 5.90. The number of hydrogen-bond donors (Lipinski definition) is 1. The Labute approximate surface area is 131 Å². The number of rotatable bonds is 5. The monoisotopic (exact) mass is 304 g/mol. The first kappa shape index (κ1) is 16.5. The van der Waals surface area contributed by atoms with E-state index in [2.05, 4.69) is 0 Å². The van der Waals surface area contributed by atoms with Crippen LogP contribution in [0.2, 0.25) is 0 Å². The molecule has 0 saturated carbocycles. The fourth-order valence-electron chi connectivity index (χ4n) is 2.97. The van der Waals surface area contributed by atoms with Crippen molar-refractivity contribution in [3.05, 3.63) is 35.9 Å². The molecule has 0 unspecified atom stereocenters. The number of likely N-dealkylation sites (N-methyl/N-ethyl adjacent to an activating group) is 1. The van der Waals surface area contributed by atoms with E-state index in [1.807, 2.05) is 44.2 Å². The summed E-state index contributed by atoms with van der Waals surface area (Å²) in [6.45, 7) is 3.89. The van der Waals surface area contributed by atoms with Gasteiger partial charge in [-0.3, -0.25) is 9.69 Å². The van der Waals surface area contributed by atoms with Gasteiger partial charge in [0.05, 0.1) is 24.6 Å². The van der Waals surface area contributed by atoms with Gasteiger partial charge in [0, 0.05) is 7.05 Å². The zero-order chi connectivity index (χ0) is 16.3. The molecule has 1 N–H and O–H groups in total. The van der Waals surface area contributed by atoms with Gasteiger partial charge in [-0.05, 0) is 18.9 Å². The minimum atomic E-state index is -0.692. The Kier molecular flexibility index (Phi) is 5.19. The molecule has 0 bridgehead atoms. The van der Waals surface area contributed by atoms with E-state index in [1.54, 1.807) is 11.9 Å². The fraction of sp³-hybridized carbons (Fsp3) is 0.529. The number of amides is 3. The Morgan fingerprint density at radius 2 is 1.95 bits per heavy atom. The molecule has 3 atom stereocenters. The van der Waals surface area contributed by atoms with Crippen LogP contribution in [0, 0.1) is 0 Å². The Hall–Kier alpha value is -1.88. The number of carbonyl (C=O) groups is 2. The van der Waals surface area contributed by atoms with E-state index >= 15 is 0 Å². The molecule has 1 aliphatic rings. The van der Waals surface area contributed by atoms with E-state index in [4.69, 9.17) is 0 Å². The smallest absolute Gasteiger partial charge is 0.327 e. The van der Waals surface area contributed by atoms with Crippen molar-refractivity contribution in [3.8, 4) is 0 Å². The Morgan fingerprint density at radius 3 is 2.55 bits per heavy atom. The number of benzene rings is 1. The summed E-state index contributed by atoms with van der Waals surface area (Å²) in [5.41, 5.74) is 0.936. The Bertz CT molecular complexity index is 532. The predicted octanol–water partition coefficient (Wildman–Crippen LogP) is 2.56. The predicted molar refractivity (Wildman–Crippen MR) is 84.2 cm³/mol. The maximum atomic E-state index is 12.5. The van der Waals surface area contributed by atoms with Gasteiger partial charge in [-0.25, -0.2) is 4.79 Å². The zero-order valence-electron chi connectivity index (χ0n) is 13.4. The van der Waals surface area contributed by atoms with Gasteiger partial charge in [0.15, 0.2) is 0 Å². The number of aliphatic hydroxyl groups is 1. The first-order valence-electron chi connectivity index (χ1n) is 7.79. The molecule has 1 aromatic carbocycles. The molecule has 1 saturated heterocycles. The van der Waals surface area contributed by atoms with Crippen LogP contribution in [-0.4, -0.2) is 46.0 Å². The number of aliphatic hydroxyl groups excluding tert-OH is 1. The molecule has 3 amide bonds. The minimum Gasteiger partial charge on any atom is -0.393 e. The highest BCUT2D eigenvalue weighted by atomic mass is 16.3. The molecule has 1 fully saturated rings. The topological polar surface area (TPSA) is 60.9 Å². The lowest BCUT2D eigenvalue weighted by molar-refractivity contribution is -0.131. The number of imide groups is 1. The fourth-order valence-corrected chi connectivity index (χ4v) is 2.97. The molecule has 0 spiro atoms. The van der Waals surface area contributed by atoms with E-state index in [0.717, 1.165) is 12.0 Å². The van der Waals surface area contributed by atoms with E-state index in [9.17, 15) is 14.7 Å². The van der Waals surface area contributed by atoms with Crippen LogP contribution in [0.1, 0.15) is 44.7 Å². The first-order chi connectivity index (χ1) is 10.5. The van der Waals surface area contributed by atoms with Gasteiger partial charge in [0.25, 0.3) is 0 Å². The second kappa shape index (κ2) is 6.92. The van der Waals surface area contributed by atoms with Crippen molar-refractivity contribution in [3.63, 3.8) is 0 Å². The third-order valence-electron chi connectivity index (χ3n) is 4.30. The van der Waals surface area contributed by atoms with Gasteiger partial charge in [0.1, 0.15) is 0 Å². The van der Waals surface area contributed by atoms with E-state index in [1.165, 1.54) is 4.90 Å². The summed E-state index contributed by atoms with van der Waals surface area (Å²) < 4.78 is 0. The van der Waals surface area contributed by atoms with Crippen molar-refractivity contribution in [2.45, 2.75) is 51.3 Å². The lowest BCUT2D eigenvalue weighted by atomic mass is 9.99. The van der Waals surface area contributed by atoms with Crippen LogP contribution in [-0.2, 0) is 4.79 Å². The number of urea groups is 1. The standard InChI is InChI=1S/C17H24N2O3/c1-4-8-14(20)11-15(21)19-16(12(2)18(3)17(19)22)13-9-6-5-7-10-13/h5-7,9-10,12,14,16,20H,4,8,11H2,1-3H3/t12-,14-,16-/m0/s1. The molecule has 1 aliphatic heterocycles. The van der Waals surface area contributed by atoms with Crippen LogP contribution >= 0.6 is 0 Å². The van der Waals surface area contributed by atoms with E-state index in [0.29, 0.717) is 6.42 Å². The Morgan fingerprint density at radius 1 is 1.32 bits per heavy atom. The maximum Gasteiger partial charge on any atom is 0.327 e. The van der Waals surface area contributed by atoms with Crippen LogP contribution in [0.25, 0.3) is 0 Å². The average Bonchev–Trinajstić information content (AvgIpc) is 2.72. The second-order valence-corrected chi connectivity index (χ2v) is 5.90. The molecule has 0 radical (unpaired) electrons. The summed E-state index contributed by atoms with van der Waals surface area (Å²) in [5, 5.41) is 9.88. The molecule has 5 heteroatoms. The lowest BCUT2D eigenvalue weighted by Gasteiger charge is -2.25. The summed E-state index contributed by atoms with van der Waals surface area (Å²) in [4.78, 5) is 27.9. The van der Waals surface area contributed by atoms with Crippen molar-refractivity contribution < 1.29 is 14.7 Å². The quantitative estimate of drug-likeness (QED) is 0.909. The largest absolute Gasteiger partial charge is 0.393 e. The van der Waals surface area contributed by atoms with Crippen molar-refractivity contribution in [2.24, 2.45) is 0 Å². The molecule has 120 valence electrons. The summed E-state index contributed by atoms with van der Waals surface area (Å²) in [5.74, 6) is -0.309. The highest BCUT2D eigenvalue weighted by Gasteiger charge is 2.45. The molecule has 5 nitrogen and oxygen atoms in total. The third kappa shape index (κ3) is 3.14. The van der Waals surface area contributed by atoms with Crippen molar-refractivity contribution in [1.82, 2.24) is 9.80 Å². The highest BCUT2D eigenvalue weighted by Crippen LogP contribution is 2.35. The Balaban J connectivity index is 2.25. The van der Waals surface area contributed by atoms with E-state index < -0.39 is 6.10 Å². The number of hydrogen-bond acceptors (Lipinski definition) is 3. The summed E-state index contributed by atoms with van der Waals surface area (Å²) in [6.07, 6.45) is 0.669. The van der Waals surface area contributed by atoms with Gasteiger partial charge in [0.2, 0.25) is 5.91 Å². The van der Waals surface area contributed by atoms with Crippen LogP contribution in [0.3, 0.4) is 0 Å². The minimum absolute atomic E-state index is 0.0104. The van der Waals surface area contributed by atoms with Gasteiger partial charge in [-0.15, -0.1) is 0 Å². The average molecular weight is 304 g/mol. The molecule has 22 heavy (non-hydrogen) atoms. The molecule has 2 rings (SSSR count). The lowest BCUT2D eigenvalue weighted by Crippen LogP contribution is -2.38. The molecule has 1 heterocycles. The molecule has 0 aromatic heterocycles. The normalized spacial score (nSPS) is 23.0. The van der Waals surface area contributed by atoms with Crippen molar-refractivity contribution in [2.75, 3.05) is 7.05 Å². The van der Waals surface area contributed by atoms with Gasteiger partial charge in [-0.1, -0.05) is 43.7 Å². The number of carbonyl (C=O) groups excluding carboxylic acids is 2. The van der Waals surface area contributed by atoms with Crippen molar-refractivity contribution in [1.29, 1.82) is 0 Å². The number of nitrogens with zero attached hydrogens (tertiary/aromatic N) is 2. The van der Waals surface area contributed by atoms with Gasteiger partial charge in [-0.2, -0.15) is 0 Å². The highest BCUT2D eigenvalue weighted by molar-refractivity contribution is 5.97. The molecular weight excluding hydrogens is 280 g/mol. The third-order valence-corrected chi connectivity index (χ3v) is 4.30. The summed E-state index contributed by atoms with van der Waals surface area (Å²) in [6, 6.07) is 8.87.